The minimum atomic E-state index is -0.948. The molecule has 4 heteroatoms. The van der Waals surface area contributed by atoms with Crippen LogP contribution in [0.1, 0.15) is 10.4 Å². The van der Waals surface area contributed by atoms with Crippen LogP contribution in [0.25, 0.3) is 0 Å². The molecule has 0 aromatic heterocycles. The van der Waals surface area contributed by atoms with Gasteiger partial charge in [0.05, 0.1) is 0 Å². The van der Waals surface area contributed by atoms with Crippen molar-refractivity contribution in [3.8, 4) is 0 Å². The first-order valence-corrected chi connectivity index (χ1v) is 4.00. The summed E-state index contributed by atoms with van der Waals surface area (Å²) in [5.74, 6) is -0.948. The SMILES string of the molecule is Nc1cc(C(=O)O)cc[c]1[Ge]. The summed E-state index contributed by atoms with van der Waals surface area (Å²) in [5.41, 5.74) is 6.24. The van der Waals surface area contributed by atoms with E-state index in [1.54, 1.807) is 6.07 Å². The number of carbonyl (C=O) groups is 1. The van der Waals surface area contributed by atoms with Crippen molar-refractivity contribution >= 4 is 32.6 Å². The van der Waals surface area contributed by atoms with Crippen molar-refractivity contribution in [1.82, 2.24) is 0 Å². The van der Waals surface area contributed by atoms with Gasteiger partial charge in [0.1, 0.15) is 0 Å². The first-order valence-electron chi connectivity index (χ1n) is 2.95. The molecule has 1 aromatic carbocycles. The van der Waals surface area contributed by atoms with Gasteiger partial charge in [-0.3, -0.25) is 0 Å². The molecule has 0 fully saturated rings. The number of hydrogen-bond donors (Lipinski definition) is 2. The average Bonchev–Trinajstić information content (AvgIpc) is 1.94. The standard InChI is InChI=1S/C7H6GeNO2/c8-5-2-1-4(7(10)11)3-6(5)9/h1-3H,9H2,(H,10,11). The number of carboxylic acids is 1. The van der Waals surface area contributed by atoms with E-state index < -0.39 is 5.97 Å². The molecular weight excluding hydrogens is 203 g/mol. The zero-order valence-corrected chi connectivity index (χ0v) is 7.76. The van der Waals surface area contributed by atoms with Crippen molar-refractivity contribution in [2.24, 2.45) is 0 Å². The Morgan fingerprint density at radius 2 is 2.18 bits per heavy atom. The maximum atomic E-state index is 10.4. The van der Waals surface area contributed by atoms with Crippen LogP contribution in [0.5, 0.6) is 0 Å². The van der Waals surface area contributed by atoms with E-state index in [1.807, 2.05) is 16.5 Å². The topological polar surface area (TPSA) is 63.3 Å². The minimum absolute atomic E-state index is 0.230. The van der Waals surface area contributed by atoms with Crippen LogP contribution in [0, 0.1) is 0 Å². The van der Waals surface area contributed by atoms with Gasteiger partial charge in [0.15, 0.2) is 0 Å². The molecule has 1 rings (SSSR count). The van der Waals surface area contributed by atoms with Gasteiger partial charge >= 0.3 is 72.0 Å². The van der Waals surface area contributed by atoms with E-state index in [9.17, 15) is 4.79 Å². The molecule has 1 aromatic rings. The van der Waals surface area contributed by atoms with Crippen molar-refractivity contribution in [3.63, 3.8) is 0 Å². The van der Waals surface area contributed by atoms with E-state index in [4.69, 9.17) is 10.8 Å². The Labute approximate surface area is 72.4 Å². The van der Waals surface area contributed by atoms with Gasteiger partial charge in [-0.15, -0.1) is 0 Å². The molecule has 0 spiro atoms. The second kappa shape index (κ2) is 2.96. The Morgan fingerprint density at radius 3 is 2.64 bits per heavy atom. The molecule has 0 saturated heterocycles. The van der Waals surface area contributed by atoms with E-state index in [-0.39, 0.29) is 5.56 Å². The Morgan fingerprint density at radius 1 is 1.55 bits per heavy atom. The van der Waals surface area contributed by atoms with Crippen LogP contribution in [0.4, 0.5) is 5.69 Å². The summed E-state index contributed by atoms with van der Waals surface area (Å²) < 4.78 is 0.898. The molecular formula is C7H6GeNO2. The van der Waals surface area contributed by atoms with Crippen molar-refractivity contribution in [2.45, 2.75) is 0 Å². The molecule has 0 aliphatic heterocycles. The van der Waals surface area contributed by atoms with Crippen LogP contribution in [0.3, 0.4) is 0 Å². The summed E-state index contributed by atoms with van der Waals surface area (Å²) >= 11 is 1.83. The van der Waals surface area contributed by atoms with Gasteiger partial charge in [-0.2, -0.15) is 0 Å². The van der Waals surface area contributed by atoms with Crippen LogP contribution in [0.2, 0.25) is 0 Å². The van der Waals surface area contributed by atoms with Gasteiger partial charge in [0.2, 0.25) is 0 Å². The van der Waals surface area contributed by atoms with E-state index in [0.29, 0.717) is 5.69 Å². The molecule has 55 valence electrons. The first kappa shape index (κ1) is 8.13. The maximum absolute atomic E-state index is 10.4. The van der Waals surface area contributed by atoms with Gasteiger partial charge in [0.25, 0.3) is 0 Å². The number of hydrogen-bond acceptors (Lipinski definition) is 2. The molecule has 0 aliphatic rings. The van der Waals surface area contributed by atoms with Crippen molar-refractivity contribution in [1.29, 1.82) is 0 Å². The second-order valence-corrected chi connectivity index (χ2v) is 3.24. The summed E-state index contributed by atoms with van der Waals surface area (Å²) in [4.78, 5) is 10.4. The molecule has 0 bridgehead atoms. The van der Waals surface area contributed by atoms with E-state index in [2.05, 4.69) is 0 Å². The molecule has 0 saturated carbocycles. The predicted molar refractivity (Wildman–Crippen MR) is 43.2 cm³/mol. The third kappa shape index (κ3) is 1.74. The van der Waals surface area contributed by atoms with Crippen molar-refractivity contribution < 1.29 is 9.90 Å². The normalized spacial score (nSPS) is 9.55. The van der Waals surface area contributed by atoms with Crippen LogP contribution in [-0.4, -0.2) is 27.6 Å². The predicted octanol–water partition coefficient (Wildman–Crippen LogP) is -0.239. The Kier molecular flexibility index (Phi) is 2.19. The van der Waals surface area contributed by atoms with Crippen molar-refractivity contribution in [2.75, 3.05) is 5.73 Å². The zero-order chi connectivity index (χ0) is 8.43. The monoisotopic (exact) mass is 210 g/mol. The number of benzene rings is 1. The summed E-state index contributed by atoms with van der Waals surface area (Å²) in [5, 5.41) is 8.54. The summed E-state index contributed by atoms with van der Waals surface area (Å²) in [6, 6.07) is 4.68. The number of anilines is 1. The van der Waals surface area contributed by atoms with Crippen LogP contribution >= 0.6 is 0 Å². The molecule has 3 N–H and O–H groups in total. The fraction of sp³-hybridized carbons (Fsp3) is 0. The summed E-state index contributed by atoms with van der Waals surface area (Å²) in [7, 11) is 0. The molecule has 3 nitrogen and oxygen atoms in total. The molecule has 0 aliphatic carbocycles. The fourth-order valence-corrected chi connectivity index (χ4v) is 1.02. The zero-order valence-electron chi connectivity index (χ0n) is 5.66. The number of nitrogen functional groups attached to an aromatic ring is 1. The Hall–Kier alpha value is -0.967. The van der Waals surface area contributed by atoms with Crippen LogP contribution < -0.4 is 10.1 Å². The van der Waals surface area contributed by atoms with Gasteiger partial charge in [-0.05, 0) is 0 Å². The Bertz CT molecular complexity index is 298. The van der Waals surface area contributed by atoms with E-state index in [1.165, 1.54) is 12.1 Å². The third-order valence-corrected chi connectivity index (χ3v) is 2.25. The van der Waals surface area contributed by atoms with Crippen LogP contribution in [-0.2, 0) is 0 Å². The van der Waals surface area contributed by atoms with Gasteiger partial charge < -0.3 is 0 Å². The fourth-order valence-electron chi connectivity index (χ4n) is 0.696. The summed E-state index contributed by atoms with van der Waals surface area (Å²) in [6.45, 7) is 0. The third-order valence-electron chi connectivity index (χ3n) is 1.30. The van der Waals surface area contributed by atoms with Crippen LogP contribution in [0.15, 0.2) is 18.2 Å². The van der Waals surface area contributed by atoms with Gasteiger partial charge in [0, 0.05) is 0 Å². The molecule has 0 atom stereocenters. The number of carboxylic acid groups (broad SMARTS) is 1. The number of nitrogens with two attached hydrogens (primary N) is 1. The average molecular weight is 209 g/mol. The first-order chi connectivity index (χ1) is 5.11. The molecule has 3 radical (unpaired) electrons. The molecule has 0 heterocycles. The van der Waals surface area contributed by atoms with Gasteiger partial charge in [-0.25, -0.2) is 0 Å². The van der Waals surface area contributed by atoms with Crippen molar-refractivity contribution in [3.05, 3.63) is 23.8 Å². The van der Waals surface area contributed by atoms with Gasteiger partial charge in [-0.1, -0.05) is 0 Å². The number of rotatable bonds is 1. The Balaban J connectivity index is 3.15. The van der Waals surface area contributed by atoms with E-state index >= 15 is 0 Å². The van der Waals surface area contributed by atoms with E-state index in [0.717, 1.165) is 4.40 Å². The quantitative estimate of drug-likeness (QED) is 0.495. The molecule has 0 unspecified atom stereocenters. The molecule has 11 heavy (non-hydrogen) atoms. The second-order valence-electron chi connectivity index (χ2n) is 2.11. The molecule has 0 amide bonds. The summed E-state index contributed by atoms with van der Waals surface area (Å²) in [6.07, 6.45) is 0. The number of aromatic carboxylic acids is 1.